The van der Waals surface area contributed by atoms with Crippen molar-refractivity contribution in [2.45, 2.75) is 40.3 Å². The number of nitrogens with one attached hydrogen (secondary N) is 1. The van der Waals surface area contributed by atoms with Crippen LogP contribution in [0.4, 0.5) is 5.82 Å². The van der Waals surface area contributed by atoms with Gasteiger partial charge in [-0.2, -0.15) is 0 Å². The number of halogens is 1. The highest BCUT2D eigenvalue weighted by atomic mass is 35.5. The van der Waals surface area contributed by atoms with Gasteiger partial charge in [-0.25, -0.2) is 9.97 Å². The van der Waals surface area contributed by atoms with Crippen LogP contribution in [-0.4, -0.2) is 47.4 Å². The van der Waals surface area contributed by atoms with Crippen molar-refractivity contribution >= 4 is 17.4 Å². The molecule has 0 radical (unpaired) electrons. The average molecular weight is 535 g/mol. The largest absolute Gasteiger partial charge is 0.495 e. The molecule has 0 amide bonds. The van der Waals surface area contributed by atoms with E-state index in [9.17, 15) is 0 Å². The van der Waals surface area contributed by atoms with Gasteiger partial charge in [-0.3, -0.25) is 4.98 Å². The second-order valence-electron chi connectivity index (χ2n) is 9.33. The third-order valence-corrected chi connectivity index (χ3v) is 7.01. The van der Waals surface area contributed by atoms with Crippen LogP contribution in [0.25, 0.3) is 22.6 Å². The van der Waals surface area contributed by atoms with Crippen LogP contribution in [0, 0.1) is 20.8 Å². The predicted octanol–water partition coefficient (Wildman–Crippen LogP) is 5.29. The van der Waals surface area contributed by atoms with Crippen molar-refractivity contribution in [1.29, 1.82) is 0 Å². The maximum absolute atomic E-state index is 6.70. The number of hydrogen-bond donors (Lipinski definition) is 1. The minimum Gasteiger partial charge on any atom is -0.495 e. The summed E-state index contributed by atoms with van der Waals surface area (Å²) in [6.45, 7) is 8.59. The first-order valence-corrected chi connectivity index (χ1v) is 12.9. The van der Waals surface area contributed by atoms with E-state index in [1.807, 2.05) is 52.1 Å². The standard InChI is InChI=1S/C28H31ClN6O3/c1-16-26(25-17(2)34-38-18(25)3)32-27(22-12-20(7-8-23(22)29)37-10-6-9-30-4)33-28(16)35-14-19-11-21(36-5)13-31-24(19)15-35/h7-8,11-13,30H,6,9-10,14-15H2,1-5H3. The summed E-state index contributed by atoms with van der Waals surface area (Å²) in [5, 5.41) is 7.85. The molecule has 1 aliphatic rings. The van der Waals surface area contributed by atoms with Crippen molar-refractivity contribution in [1.82, 2.24) is 25.4 Å². The smallest absolute Gasteiger partial charge is 0.163 e. The number of anilines is 1. The Morgan fingerprint density at radius 3 is 2.68 bits per heavy atom. The summed E-state index contributed by atoms with van der Waals surface area (Å²) >= 11 is 6.70. The monoisotopic (exact) mass is 534 g/mol. The second kappa shape index (κ2) is 11.0. The Kier molecular flexibility index (Phi) is 7.49. The zero-order valence-electron chi connectivity index (χ0n) is 22.3. The summed E-state index contributed by atoms with van der Waals surface area (Å²) in [6.07, 6.45) is 2.64. The molecule has 0 aliphatic carbocycles. The molecular weight excluding hydrogens is 504 g/mol. The van der Waals surface area contributed by atoms with Crippen LogP contribution in [0.15, 0.2) is 35.0 Å². The van der Waals surface area contributed by atoms with Gasteiger partial charge in [0.15, 0.2) is 5.82 Å². The normalized spacial score (nSPS) is 12.6. The van der Waals surface area contributed by atoms with E-state index in [1.54, 1.807) is 13.3 Å². The quantitative estimate of drug-likeness (QED) is 0.287. The van der Waals surface area contributed by atoms with E-state index in [4.69, 9.17) is 35.6 Å². The van der Waals surface area contributed by atoms with Gasteiger partial charge in [0.05, 0.1) is 54.1 Å². The summed E-state index contributed by atoms with van der Waals surface area (Å²) < 4.78 is 16.9. The highest BCUT2D eigenvalue weighted by Gasteiger charge is 2.28. The molecule has 4 aromatic rings. The van der Waals surface area contributed by atoms with Crippen molar-refractivity contribution in [3.63, 3.8) is 0 Å². The first-order chi connectivity index (χ1) is 18.4. The summed E-state index contributed by atoms with van der Waals surface area (Å²) in [7, 11) is 3.57. The van der Waals surface area contributed by atoms with Crippen LogP contribution in [0.2, 0.25) is 5.02 Å². The summed E-state index contributed by atoms with van der Waals surface area (Å²) in [5.41, 5.74) is 6.13. The number of rotatable bonds is 9. The van der Waals surface area contributed by atoms with Crippen molar-refractivity contribution in [3.8, 4) is 34.1 Å². The fraction of sp³-hybridized carbons (Fsp3) is 0.357. The molecule has 0 saturated heterocycles. The van der Waals surface area contributed by atoms with Crippen LogP contribution in [0.1, 0.15) is 34.7 Å². The number of aryl methyl sites for hydroxylation is 2. The van der Waals surface area contributed by atoms with E-state index >= 15 is 0 Å². The zero-order chi connectivity index (χ0) is 26.8. The summed E-state index contributed by atoms with van der Waals surface area (Å²) in [6, 6.07) is 7.62. The minimum atomic E-state index is 0.507. The molecule has 1 aliphatic heterocycles. The van der Waals surface area contributed by atoms with Crippen molar-refractivity contribution in [3.05, 3.63) is 63.8 Å². The maximum atomic E-state index is 6.70. The number of fused-ring (bicyclic) bond motifs is 1. The van der Waals surface area contributed by atoms with Crippen LogP contribution in [0.5, 0.6) is 11.5 Å². The Labute approximate surface area is 227 Å². The third kappa shape index (κ3) is 5.04. The van der Waals surface area contributed by atoms with E-state index in [-0.39, 0.29) is 0 Å². The lowest BCUT2D eigenvalue weighted by Gasteiger charge is -2.22. The average Bonchev–Trinajstić information content (AvgIpc) is 3.49. The van der Waals surface area contributed by atoms with Gasteiger partial charge < -0.3 is 24.2 Å². The lowest BCUT2D eigenvalue weighted by molar-refractivity contribution is 0.310. The van der Waals surface area contributed by atoms with Crippen LogP contribution >= 0.6 is 11.6 Å². The van der Waals surface area contributed by atoms with Gasteiger partial charge in [0, 0.05) is 17.7 Å². The third-order valence-electron chi connectivity index (χ3n) is 6.68. The predicted molar refractivity (Wildman–Crippen MR) is 147 cm³/mol. The Bertz CT molecular complexity index is 1450. The summed E-state index contributed by atoms with van der Waals surface area (Å²) in [5.74, 6) is 3.46. The van der Waals surface area contributed by atoms with Gasteiger partial charge in [-0.1, -0.05) is 16.8 Å². The fourth-order valence-electron chi connectivity index (χ4n) is 4.70. The number of hydrogen-bond acceptors (Lipinski definition) is 9. The topological polar surface area (TPSA) is 98.4 Å². The maximum Gasteiger partial charge on any atom is 0.163 e. The number of pyridine rings is 1. The summed E-state index contributed by atoms with van der Waals surface area (Å²) in [4.78, 5) is 16.9. The molecule has 38 heavy (non-hydrogen) atoms. The molecule has 0 saturated carbocycles. The van der Waals surface area contributed by atoms with Crippen molar-refractivity contribution in [2.24, 2.45) is 0 Å². The first kappa shape index (κ1) is 25.9. The number of nitrogens with zero attached hydrogens (tertiary/aromatic N) is 5. The number of aromatic nitrogens is 4. The highest BCUT2D eigenvalue weighted by molar-refractivity contribution is 6.33. The van der Waals surface area contributed by atoms with E-state index in [1.165, 1.54) is 0 Å². The molecule has 4 heterocycles. The van der Waals surface area contributed by atoms with E-state index in [0.717, 1.165) is 64.1 Å². The molecular formula is C28H31ClN6O3. The van der Waals surface area contributed by atoms with E-state index in [0.29, 0.717) is 41.9 Å². The molecule has 1 N–H and O–H groups in total. The highest BCUT2D eigenvalue weighted by Crippen LogP contribution is 2.39. The number of benzene rings is 1. The molecule has 0 bridgehead atoms. The van der Waals surface area contributed by atoms with Gasteiger partial charge >= 0.3 is 0 Å². The van der Waals surface area contributed by atoms with Gasteiger partial charge in [0.25, 0.3) is 0 Å². The lowest BCUT2D eigenvalue weighted by atomic mass is 10.0. The van der Waals surface area contributed by atoms with Crippen LogP contribution < -0.4 is 19.7 Å². The van der Waals surface area contributed by atoms with Crippen molar-refractivity contribution < 1.29 is 14.0 Å². The molecule has 0 unspecified atom stereocenters. The Morgan fingerprint density at radius 1 is 1.11 bits per heavy atom. The Hall–Kier alpha value is -3.69. The molecule has 9 nitrogen and oxygen atoms in total. The SMILES string of the molecule is CNCCCOc1ccc(Cl)c(-c2nc(-c3c(C)noc3C)c(C)c(N3Cc4cc(OC)cnc4C3)n2)c1. The molecule has 0 spiro atoms. The second-order valence-corrected chi connectivity index (χ2v) is 9.74. The fourth-order valence-corrected chi connectivity index (χ4v) is 4.90. The van der Waals surface area contributed by atoms with Crippen molar-refractivity contribution in [2.75, 3.05) is 32.2 Å². The molecule has 0 atom stereocenters. The van der Waals surface area contributed by atoms with Crippen LogP contribution in [-0.2, 0) is 13.1 Å². The molecule has 0 fully saturated rings. The molecule has 198 valence electrons. The Balaban J connectivity index is 1.60. The van der Waals surface area contributed by atoms with Gasteiger partial charge in [0.2, 0.25) is 0 Å². The van der Waals surface area contributed by atoms with Gasteiger partial charge in [-0.05, 0) is 70.6 Å². The molecule has 10 heteroatoms. The minimum absolute atomic E-state index is 0.507. The van der Waals surface area contributed by atoms with E-state index in [2.05, 4.69) is 20.4 Å². The van der Waals surface area contributed by atoms with E-state index < -0.39 is 0 Å². The Morgan fingerprint density at radius 2 is 1.95 bits per heavy atom. The molecule has 3 aromatic heterocycles. The molecule has 1 aromatic carbocycles. The van der Waals surface area contributed by atoms with Crippen LogP contribution in [0.3, 0.4) is 0 Å². The lowest BCUT2D eigenvalue weighted by Crippen LogP contribution is -2.19. The number of ether oxygens (including phenoxy) is 2. The number of methoxy groups -OCH3 is 1. The first-order valence-electron chi connectivity index (χ1n) is 12.6. The van der Waals surface area contributed by atoms with Gasteiger partial charge in [0.1, 0.15) is 23.1 Å². The van der Waals surface area contributed by atoms with Gasteiger partial charge in [-0.15, -0.1) is 0 Å². The zero-order valence-corrected chi connectivity index (χ0v) is 23.0. The molecule has 5 rings (SSSR count).